The molecule has 0 radical (unpaired) electrons. The fourth-order valence-corrected chi connectivity index (χ4v) is 3.45. The average molecular weight is 313 g/mol. The fourth-order valence-electron chi connectivity index (χ4n) is 3.45. The number of aliphatic hydroxyl groups excluding tert-OH is 1. The first-order valence-electron chi connectivity index (χ1n) is 8.00. The maximum Gasteiger partial charge on any atom is 0.318 e. The quantitative estimate of drug-likeness (QED) is 0.915. The molecule has 1 aromatic heterocycles. The molecule has 2 aromatic rings. The molecule has 1 fully saturated rings. The maximum atomic E-state index is 12.5. The summed E-state index contributed by atoms with van der Waals surface area (Å²) in [6, 6.07) is 9.78. The maximum absolute atomic E-state index is 12.5. The second kappa shape index (κ2) is 6.16. The standard InChI is InChI=1S/C18H23N3O2/c1-18(2)9-13(12-22)11-21(18)17(23)20-10-14-5-3-7-16-15(14)6-4-8-19-16/h3-8,13,22H,9-12H2,1-2H3,(H,20,23). The van der Waals surface area contributed by atoms with E-state index in [0.29, 0.717) is 13.1 Å². The van der Waals surface area contributed by atoms with Crippen molar-refractivity contribution in [2.24, 2.45) is 5.92 Å². The Morgan fingerprint density at radius 1 is 1.39 bits per heavy atom. The second-order valence-corrected chi connectivity index (χ2v) is 6.82. The predicted molar refractivity (Wildman–Crippen MR) is 90.0 cm³/mol. The van der Waals surface area contributed by atoms with Crippen molar-refractivity contribution in [3.8, 4) is 0 Å². The van der Waals surface area contributed by atoms with Crippen molar-refractivity contribution >= 4 is 16.9 Å². The minimum Gasteiger partial charge on any atom is -0.396 e. The van der Waals surface area contributed by atoms with Crippen LogP contribution in [0.25, 0.3) is 10.9 Å². The molecule has 1 atom stereocenters. The number of nitrogens with one attached hydrogen (secondary N) is 1. The first kappa shape index (κ1) is 15.7. The van der Waals surface area contributed by atoms with Gasteiger partial charge in [0.2, 0.25) is 0 Å². The third-order valence-corrected chi connectivity index (χ3v) is 4.63. The summed E-state index contributed by atoms with van der Waals surface area (Å²) < 4.78 is 0. The van der Waals surface area contributed by atoms with Gasteiger partial charge in [0.25, 0.3) is 0 Å². The Hall–Kier alpha value is -2.14. The van der Waals surface area contributed by atoms with E-state index in [1.54, 1.807) is 6.20 Å². The Labute approximate surface area is 136 Å². The van der Waals surface area contributed by atoms with E-state index in [2.05, 4.69) is 10.3 Å². The molecule has 1 aliphatic rings. The Morgan fingerprint density at radius 3 is 2.96 bits per heavy atom. The van der Waals surface area contributed by atoms with Gasteiger partial charge in [-0.1, -0.05) is 18.2 Å². The molecule has 0 saturated carbocycles. The molecular weight excluding hydrogens is 290 g/mol. The summed E-state index contributed by atoms with van der Waals surface area (Å²) in [4.78, 5) is 18.7. The molecule has 5 nitrogen and oxygen atoms in total. The monoisotopic (exact) mass is 313 g/mol. The van der Waals surface area contributed by atoms with Gasteiger partial charge in [-0.2, -0.15) is 0 Å². The van der Waals surface area contributed by atoms with Gasteiger partial charge in [-0.25, -0.2) is 4.79 Å². The summed E-state index contributed by atoms with van der Waals surface area (Å²) in [6.45, 7) is 5.29. The smallest absolute Gasteiger partial charge is 0.318 e. The van der Waals surface area contributed by atoms with Gasteiger partial charge < -0.3 is 15.3 Å². The summed E-state index contributed by atoms with van der Waals surface area (Å²) >= 11 is 0. The van der Waals surface area contributed by atoms with E-state index < -0.39 is 0 Å². The van der Waals surface area contributed by atoms with Gasteiger partial charge in [0, 0.05) is 42.7 Å². The van der Waals surface area contributed by atoms with Crippen molar-refractivity contribution in [1.82, 2.24) is 15.2 Å². The average Bonchev–Trinajstić information content (AvgIpc) is 2.87. The van der Waals surface area contributed by atoms with E-state index in [-0.39, 0.29) is 24.1 Å². The zero-order valence-electron chi connectivity index (χ0n) is 13.6. The molecule has 23 heavy (non-hydrogen) atoms. The molecule has 3 rings (SSSR count). The summed E-state index contributed by atoms with van der Waals surface area (Å²) in [5, 5.41) is 13.4. The van der Waals surface area contributed by atoms with Crippen LogP contribution in [0.15, 0.2) is 36.5 Å². The van der Waals surface area contributed by atoms with Crippen LogP contribution < -0.4 is 5.32 Å². The lowest BCUT2D eigenvalue weighted by molar-refractivity contribution is 0.164. The number of aromatic nitrogens is 1. The SMILES string of the molecule is CC1(C)CC(CO)CN1C(=O)NCc1cccc2ncccc12. The highest BCUT2D eigenvalue weighted by Gasteiger charge is 2.40. The number of likely N-dealkylation sites (tertiary alicyclic amines) is 1. The number of rotatable bonds is 3. The van der Waals surface area contributed by atoms with Crippen LogP contribution in [-0.4, -0.2) is 39.7 Å². The summed E-state index contributed by atoms with van der Waals surface area (Å²) in [5.41, 5.74) is 1.76. The Kier molecular flexibility index (Phi) is 4.22. The van der Waals surface area contributed by atoms with E-state index in [0.717, 1.165) is 22.9 Å². The third kappa shape index (κ3) is 3.15. The van der Waals surface area contributed by atoms with Crippen LogP contribution >= 0.6 is 0 Å². The number of nitrogens with zero attached hydrogens (tertiary/aromatic N) is 2. The van der Waals surface area contributed by atoms with E-state index >= 15 is 0 Å². The molecule has 0 aliphatic carbocycles. The number of pyridine rings is 1. The van der Waals surface area contributed by atoms with Crippen molar-refractivity contribution in [3.05, 3.63) is 42.1 Å². The molecule has 1 saturated heterocycles. The largest absolute Gasteiger partial charge is 0.396 e. The van der Waals surface area contributed by atoms with Crippen molar-refractivity contribution in [2.75, 3.05) is 13.2 Å². The summed E-state index contributed by atoms with van der Waals surface area (Å²) in [5.74, 6) is 0.164. The normalized spacial score (nSPS) is 20.0. The number of fused-ring (bicyclic) bond motifs is 1. The van der Waals surface area contributed by atoms with Crippen molar-refractivity contribution < 1.29 is 9.90 Å². The van der Waals surface area contributed by atoms with Crippen LogP contribution in [0.5, 0.6) is 0 Å². The van der Waals surface area contributed by atoms with Gasteiger partial charge >= 0.3 is 6.03 Å². The number of benzene rings is 1. The molecule has 1 aliphatic heterocycles. The van der Waals surface area contributed by atoms with E-state index in [9.17, 15) is 9.90 Å². The highest BCUT2D eigenvalue weighted by molar-refractivity contribution is 5.83. The van der Waals surface area contributed by atoms with Crippen LogP contribution in [0.3, 0.4) is 0 Å². The highest BCUT2D eigenvalue weighted by atomic mass is 16.3. The number of urea groups is 1. The van der Waals surface area contributed by atoms with Gasteiger partial charge in [-0.05, 0) is 38.0 Å². The first-order valence-corrected chi connectivity index (χ1v) is 8.00. The topological polar surface area (TPSA) is 65.5 Å². The van der Waals surface area contributed by atoms with Crippen LogP contribution in [0, 0.1) is 5.92 Å². The van der Waals surface area contributed by atoms with E-state index in [1.165, 1.54) is 0 Å². The summed E-state index contributed by atoms with van der Waals surface area (Å²) in [7, 11) is 0. The number of hydrogen-bond acceptors (Lipinski definition) is 3. The molecule has 2 amide bonds. The minimum atomic E-state index is -0.224. The van der Waals surface area contributed by atoms with E-state index in [1.807, 2.05) is 49.1 Å². The van der Waals surface area contributed by atoms with Crippen LogP contribution in [0.2, 0.25) is 0 Å². The molecule has 5 heteroatoms. The molecular formula is C18H23N3O2. The van der Waals surface area contributed by atoms with Crippen molar-refractivity contribution in [3.63, 3.8) is 0 Å². The zero-order valence-corrected chi connectivity index (χ0v) is 13.6. The van der Waals surface area contributed by atoms with Crippen LogP contribution in [0.4, 0.5) is 4.79 Å². The minimum absolute atomic E-state index is 0.0770. The van der Waals surface area contributed by atoms with Crippen molar-refractivity contribution in [1.29, 1.82) is 0 Å². The lowest BCUT2D eigenvalue weighted by Gasteiger charge is -2.31. The number of amides is 2. The molecule has 1 unspecified atom stereocenters. The zero-order chi connectivity index (χ0) is 16.4. The van der Waals surface area contributed by atoms with Gasteiger partial charge in [0.05, 0.1) is 5.52 Å². The molecule has 122 valence electrons. The molecule has 2 heterocycles. The van der Waals surface area contributed by atoms with Crippen LogP contribution in [0.1, 0.15) is 25.8 Å². The lowest BCUT2D eigenvalue weighted by Crippen LogP contribution is -2.47. The molecule has 0 spiro atoms. The highest BCUT2D eigenvalue weighted by Crippen LogP contribution is 2.32. The summed E-state index contributed by atoms with van der Waals surface area (Å²) in [6.07, 6.45) is 2.60. The van der Waals surface area contributed by atoms with Crippen LogP contribution in [-0.2, 0) is 6.54 Å². The Balaban J connectivity index is 1.71. The number of carbonyl (C=O) groups is 1. The molecule has 2 N–H and O–H groups in total. The van der Waals surface area contributed by atoms with E-state index in [4.69, 9.17) is 0 Å². The predicted octanol–water partition coefficient (Wildman–Crippen LogP) is 2.54. The van der Waals surface area contributed by atoms with Crippen molar-refractivity contribution in [2.45, 2.75) is 32.4 Å². The van der Waals surface area contributed by atoms with Gasteiger partial charge in [-0.15, -0.1) is 0 Å². The molecule has 0 bridgehead atoms. The lowest BCUT2D eigenvalue weighted by atomic mass is 9.97. The number of aliphatic hydroxyl groups is 1. The number of carbonyl (C=O) groups excluding carboxylic acids is 1. The molecule has 1 aromatic carbocycles. The van der Waals surface area contributed by atoms with Gasteiger partial charge in [-0.3, -0.25) is 4.98 Å². The number of hydrogen-bond donors (Lipinski definition) is 2. The van der Waals surface area contributed by atoms with Gasteiger partial charge in [0.1, 0.15) is 0 Å². The Morgan fingerprint density at radius 2 is 2.22 bits per heavy atom. The second-order valence-electron chi connectivity index (χ2n) is 6.82. The Bertz CT molecular complexity index is 709. The first-order chi connectivity index (χ1) is 11.0. The van der Waals surface area contributed by atoms with Gasteiger partial charge in [0.15, 0.2) is 0 Å². The third-order valence-electron chi connectivity index (χ3n) is 4.63. The fraction of sp³-hybridized carbons (Fsp3) is 0.444.